The maximum absolute atomic E-state index is 12.2. The zero-order chi connectivity index (χ0) is 22.2. The lowest BCUT2D eigenvalue weighted by atomic mass is 10.0. The van der Waals surface area contributed by atoms with Gasteiger partial charge in [-0.3, -0.25) is 4.79 Å². The third-order valence-electron chi connectivity index (χ3n) is 4.96. The molecule has 0 aliphatic rings. The average molecular weight is 422 g/mol. The molecule has 0 aliphatic heterocycles. The van der Waals surface area contributed by atoms with E-state index < -0.39 is 5.97 Å². The SMILES string of the molecule is Cc1noc(C)c1COc1ccc(C(=O)OCC(=O)NC[C@H](C)c2ccccc2)cc1. The van der Waals surface area contributed by atoms with Crippen LogP contribution in [0.2, 0.25) is 0 Å². The van der Waals surface area contributed by atoms with E-state index in [4.69, 9.17) is 14.0 Å². The summed E-state index contributed by atoms with van der Waals surface area (Å²) in [4.78, 5) is 24.2. The van der Waals surface area contributed by atoms with E-state index >= 15 is 0 Å². The first-order valence-corrected chi connectivity index (χ1v) is 10.1. The van der Waals surface area contributed by atoms with Crippen molar-refractivity contribution in [1.82, 2.24) is 10.5 Å². The minimum absolute atomic E-state index is 0.166. The fourth-order valence-electron chi connectivity index (χ4n) is 2.98. The Bertz CT molecular complexity index is 993. The van der Waals surface area contributed by atoms with E-state index in [1.807, 2.05) is 51.1 Å². The molecule has 0 bridgehead atoms. The number of nitrogens with one attached hydrogen (secondary N) is 1. The molecule has 7 nitrogen and oxygen atoms in total. The van der Waals surface area contributed by atoms with Crippen LogP contribution in [0.4, 0.5) is 0 Å². The smallest absolute Gasteiger partial charge is 0.338 e. The minimum atomic E-state index is -0.566. The Labute approximate surface area is 181 Å². The predicted octanol–water partition coefficient (Wildman–Crippen LogP) is 3.95. The molecule has 7 heteroatoms. The fourth-order valence-corrected chi connectivity index (χ4v) is 2.98. The quantitative estimate of drug-likeness (QED) is 0.525. The van der Waals surface area contributed by atoms with Gasteiger partial charge in [0.1, 0.15) is 18.1 Å². The van der Waals surface area contributed by atoms with Crippen LogP contribution in [0.1, 0.15) is 45.8 Å². The van der Waals surface area contributed by atoms with Crippen LogP contribution in [0.25, 0.3) is 0 Å². The number of hydrogen-bond donors (Lipinski definition) is 1. The highest BCUT2D eigenvalue weighted by molar-refractivity contribution is 5.91. The largest absolute Gasteiger partial charge is 0.489 e. The van der Waals surface area contributed by atoms with Gasteiger partial charge in [0.2, 0.25) is 0 Å². The van der Waals surface area contributed by atoms with Crippen molar-refractivity contribution < 1.29 is 23.6 Å². The van der Waals surface area contributed by atoms with Gasteiger partial charge in [-0.25, -0.2) is 4.79 Å². The molecule has 1 N–H and O–H groups in total. The summed E-state index contributed by atoms with van der Waals surface area (Å²) in [7, 11) is 0. The van der Waals surface area contributed by atoms with Gasteiger partial charge < -0.3 is 19.3 Å². The Balaban J connectivity index is 1.42. The zero-order valence-corrected chi connectivity index (χ0v) is 17.9. The number of carbonyl (C=O) groups is 2. The molecule has 2 aromatic carbocycles. The van der Waals surface area contributed by atoms with Crippen LogP contribution in [-0.4, -0.2) is 30.2 Å². The van der Waals surface area contributed by atoms with Crippen LogP contribution in [0.5, 0.6) is 5.75 Å². The monoisotopic (exact) mass is 422 g/mol. The van der Waals surface area contributed by atoms with Crippen molar-refractivity contribution in [2.45, 2.75) is 33.3 Å². The first kappa shape index (κ1) is 22.1. The molecular weight excluding hydrogens is 396 g/mol. The van der Waals surface area contributed by atoms with Crippen LogP contribution < -0.4 is 10.1 Å². The summed E-state index contributed by atoms with van der Waals surface area (Å²) < 4.78 is 15.9. The van der Waals surface area contributed by atoms with E-state index in [1.54, 1.807) is 24.3 Å². The minimum Gasteiger partial charge on any atom is -0.489 e. The Kier molecular flexibility index (Phi) is 7.43. The standard InChI is InChI=1S/C24H26N2O5/c1-16(19-7-5-4-6-8-19)13-25-23(27)15-30-24(28)20-9-11-21(12-10-20)29-14-22-17(2)26-31-18(22)3/h4-12,16H,13-15H2,1-3H3,(H,25,27)/t16-/m0/s1. The number of benzene rings is 2. The molecule has 0 saturated carbocycles. The van der Waals surface area contributed by atoms with E-state index in [0.29, 0.717) is 30.2 Å². The second-order valence-electron chi connectivity index (χ2n) is 7.31. The summed E-state index contributed by atoms with van der Waals surface area (Å²) in [5.74, 6) is 0.580. The molecule has 0 aliphatic carbocycles. The lowest BCUT2D eigenvalue weighted by Gasteiger charge is -2.13. The molecule has 1 amide bonds. The fraction of sp³-hybridized carbons (Fsp3) is 0.292. The highest BCUT2D eigenvalue weighted by Gasteiger charge is 2.13. The van der Waals surface area contributed by atoms with E-state index in [-0.39, 0.29) is 18.4 Å². The molecule has 0 unspecified atom stereocenters. The Morgan fingerprint density at radius 2 is 1.77 bits per heavy atom. The highest BCUT2D eigenvalue weighted by atomic mass is 16.5. The summed E-state index contributed by atoms with van der Waals surface area (Å²) >= 11 is 0. The van der Waals surface area contributed by atoms with Gasteiger partial charge in [-0.15, -0.1) is 0 Å². The number of aryl methyl sites for hydroxylation is 2. The summed E-state index contributed by atoms with van der Waals surface area (Å²) in [6, 6.07) is 16.4. The van der Waals surface area contributed by atoms with Crippen molar-refractivity contribution in [2.75, 3.05) is 13.2 Å². The maximum Gasteiger partial charge on any atom is 0.338 e. The summed E-state index contributed by atoms with van der Waals surface area (Å²) in [6.45, 7) is 6.18. The topological polar surface area (TPSA) is 90.7 Å². The van der Waals surface area contributed by atoms with Gasteiger partial charge in [-0.05, 0) is 49.6 Å². The highest BCUT2D eigenvalue weighted by Crippen LogP contribution is 2.18. The van der Waals surface area contributed by atoms with E-state index in [9.17, 15) is 9.59 Å². The van der Waals surface area contributed by atoms with E-state index in [1.165, 1.54) is 0 Å². The molecular formula is C24H26N2O5. The van der Waals surface area contributed by atoms with Gasteiger partial charge in [0.25, 0.3) is 5.91 Å². The zero-order valence-electron chi connectivity index (χ0n) is 17.9. The number of ether oxygens (including phenoxy) is 2. The molecule has 3 rings (SSSR count). The number of carbonyl (C=O) groups excluding carboxylic acids is 2. The van der Waals surface area contributed by atoms with Gasteiger partial charge in [0, 0.05) is 6.54 Å². The number of amides is 1. The summed E-state index contributed by atoms with van der Waals surface area (Å²) in [5, 5.41) is 6.68. The van der Waals surface area contributed by atoms with Gasteiger partial charge in [-0.2, -0.15) is 0 Å². The van der Waals surface area contributed by atoms with Gasteiger partial charge in [0.15, 0.2) is 6.61 Å². The van der Waals surface area contributed by atoms with Gasteiger partial charge in [0.05, 0.1) is 16.8 Å². The third kappa shape index (κ3) is 6.18. The first-order valence-electron chi connectivity index (χ1n) is 10.1. The number of aromatic nitrogens is 1. The number of hydrogen-bond acceptors (Lipinski definition) is 6. The molecule has 1 atom stereocenters. The maximum atomic E-state index is 12.2. The molecule has 3 aromatic rings. The van der Waals surface area contributed by atoms with Crippen molar-refractivity contribution in [3.8, 4) is 5.75 Å². The molecule has 0 fully saturated rings. The Morgan fingerprint density at radius 3 is 2.42 bits per heavy atom. The lowest BCUT2D eigenvalue weighted by molar-refractivity contribution is -0.124. The van der Waals surface area contributed by atoms with Crippen LogP contribution in [0, 0.1) is 13.8 Å². The Hall–Kier alpha value is -3.61. The molecule has 0 saturated heterocycles. The van der Waals surface area contributed by atoms with Crippen molar-refractivity contribution in [1.29, 1.82) is 0 Å². The molecule has 0 spiro atoms. The van der Waals surface area contributed by atoms with Crippen LogP contribution >= 0.6 is 0 Å². The van der Waals surface area contributed by atoms with Gasteiger partial charge in [-0.1, -0.05) is 42.4 Å². The first-order chi connectivity index (χ1) is 14.9. The van der Waals surface area contributed by atoms with Crippen LogP contribution in [0.3, 0.4) is 0 Å². The second kappa shape index (κ2) is 10.4. The predicted molar refractivity (Wildman–Crippen MR) is 115 cm³/mol. The average Bonchev–Trinajstić information content (AvgIpc) is 3.12. The van der Waals surface area contributed by atoms with E-state index in [2.05, 4.69) is 10.5 Å². The molecule has 1 aromatic heterocycles. The summed E-state index contributed by atoms with van der Waals surface area (Å²) in [6.07, 6.45) is 0. The number of rotatable bonds is 9. The molecule has 0 radical (unpaired) electrons. The van der Waals surface area contributed by atoms with Crippen molar-refractivity contribution in [3.63, 3.8) is 0 Å². The van der Waals surface area contributed by atoms with Crippen molar-refractivity contribution in [3.05, 3.63) is 82.7 Å². The number of nitrogens with zero attached hydrogens (tertiary/aromatic N) is 1. The third-order valence-corrected chi connectivity index (χ3v) is 4.96. The van der Waals surface area contributed by atoms with Gasteiger partial charge >= 0.3 is 5.97 Å². The normalized spacial score (nSPS) is 11.6. The van der Waals surface area contributed by atoms with Crippen molar-refractivity contribution in [2.24, 2.45) is 0 Å². The lowest BCUT2D eigenvalue weighted by Crippen LogP contribution is -2.31. The Morgan fingerprint density at radius 1 is 1.06 bits per heavy atom. The summed E-state index contributed by atoms with van der Waals surface area (Å²) in [5.41, 5.74) is 3.16. The molecule has 1 heterocycles. The van der Waals surface area contributed by atoms with Crippen molar-refractivity contribution >= 4 is 11.9 Å². The van der Waals surface area contributed by atoms with E-state index in [0.717, 1.165) is 16.8 Å². The second-order valence-corrected chi connectivity index (χ2v) is 7.31. The molecule has 31 heavy (non-hydrogen) atoms. The molecule has 162 valence electrons. The van der Waals surface area contributed by atoms with Crippen LogP contribution in [-0.2, 0) is 16.1 Å². The van der Waals surface area contributed by atoms with Crippen LogP contribution in [0.15, 0.2) is 59.1 Å². The number of esters is 1.